The van der Waals surface area contributed by atoms with Gasteiger partial charge < -0.3 is 18.8 Å². The first-order valence-electron chi connectivity index (χ1n) is 8.52. The number of aromatic nitrogens is 1. The molecular weight excluding hydrogens is 348 g/mol. The minimum absolute atomic E-state index is 0.196. The van der Waals surface area contributed by atoms with Gasteiger partial charge in [0.25, 0.3) is 0 Å². The van der Waals surface area contributed by atoms with E-state index in [1.54, 1.807) is 63.4 Å². The average molecular weight is 370 g/mol. The van der Waals surface area contributed by atoms with Gasteiger partial charge in [0.05, 0.1) is 19.7 Å². The first-order valence-corrected chi connectivity index (χ1v) is 8.52. The van der Waals surface area contributed by atoms with Crippen molar-refractivity contribution in [1.29, 1.82) is 0 Å². The highest BCUT2D eigenvalue weighted by Gasteiger charge is 2.24. The van der Waals surface area contributed by atoms with Crippen LogP contribution < -0.4 is 15.2 Å². The Morgan fingerprint density at radius 3 is 2.56 bits per heavy atom. The van der Waals surface area contributed by atoms with Crippen molar-refractivity contribution < 1.29 is 18.7 Å². The molecule has 0 radical (unpaired) electrons. The molecule has 142 valence electrons. The van der Waals surface area contributed by atoms with E-state index in [1.807, 2.05) is 12.1 Å². The quantitative estimate of drug-likeness (QED) is 0.667. The van der Waals surface area contributed by atoms with Crippen LogP contribution in [0.25, 0.3) is 11.1 Å². The average Bonchev–Trinajstić information content (AvgIpc) is 3.02. The van der Waals surface area contributed by atoms with Crippen LogP contribution in [-0.2, 0) is 11.3 Å². The molecule has 1 aromatic heterocycles. The molecule has 7 nitrogen and oxygen atoms in total. The highest BCUT2D eigenvalue weighted by atomic mass is 16.5. The summed E-state index contributed by atoms with van der Waals surface area (Å²) < 4.78 is 17.1. The molecule has 0 aliphatic carbocycles. The van der Waals surface area contributed by atoms with Crippen molar-refractivity contribution in [1.82, 2.24) is 9.47 Å². The van der Waals surface area contributed by atoms with Gasteiger partial charge in [0.15, 0.2) is 17.1 Å². The zero-order valence-electron chi connectivity index (χ0n) is 15.8. The lowest BCUT2D eigenvalue weighted by molar-refractivity contribution is -0.133. The summed E-state index contributed by atoms with van der Waals surface area (Å²) in [5.74, 6) is 0.482. The third-order valence-electron chi connectivity index (χ3n) is 4.51. The van der Waals surface area contributed by atoms with Crippen LogP contribution in [0.2, 0.25) is 0 Å². The third kappa shape index (κ3) is 3.53. The standard InChI is InChI=1S/C20H22N2O5/c1-13(22-15-7-5-6-8-16(15)27-20(22)24)19(23)21(2)12-14-9-10-17(25-3)18(11-14)26-4/h5-11,13H,12H2,1-4H3. The molecule has 0 N–H and O–H groups in total. The molecule has 3 rings (SSSR count). The third-order valence-corrected chi connectivity index (χ3v) is 4.51. The summed E-state index contributed by atoms with van der Waals surface area (Å²) in [6.07, 6.45) is 0. The SMILES string of the molecule is COc1ccc(CN(C)C(=O)C(C)n2c(=O)oc3ccccc32)cc1OC. The van der Waals surface area contributed by atoms with Crippen molar-refractivity contribution in [2.24, 2.45) is 0 Å². The number of para-hydroxylation sites is 2. The molecule has 1 atom stereocenters. The highest BCUT2D eigenvalue weighted by Crippen LogP contribution is 2.28. The summed E-state index contributed by atoms with van der Waals surface area (Å²) in [5.41, 5.74) is 1.95. The Bertz CT molecular complexity index is 1020. The smallest absolute Gasteiger partial charge is 0.420 e. The fraction of sp³-hybridized carbons (Fsp3) is 0.300. The molecule has 0 fully saturated rings. The number of benzene rings is 2. The van der Waals surface area contributed by atoms with E-state index in [9.17, 15) is 9.59 Å². The topological polar surface area (TPSA) is 73.9 Å². The maximum Gasteiger partial charge on any atom is 0.420 e. The zero-order chi connectivity index (χ0) is 19.6. The highest BCUT2D eigenvalue weighted by molar-refractivity contribution is 5.82. The monoisotopic (exact) mass is 370 g/mol. The van der Waals surface area contributed by atoms with Gasteiger partial charge in [-0.1, -0.05) is 18.2 Å². The molecular formula is C20H22N2O5. The number of rotatable bonds is 6. The Kier molecular flexibility index (Phi) is 5.21. The second-order valence-electron chi connectivity index (χ2n) is 6.27. The molecule has 3 aromatic rings. The Balaban J connectivity index is 1.82. The summed E-state index contributed by atoms with van der Waals surface area (Å²) in [7, 11) is 4.83. The summed E-state index contributed by atoms with van der Waals surface area (Å²) in [6, 6.07) is 11.9. The van der Waals surface area contributed by atoms with E-state index < -0.39 is 11.8 Å². The number of carbonyl (C=O) groups excluding carboxylic acids is 1. The zero-order valence-corrected chi connectivity index (χ0v) is 15.8. The molecule has 0 aliphatic rings. The van der Waals surface area contributed by atoms with Gasteiger partial charge >= 0.3 is 5.76 Å². The van der Waals surface area contributed by atoms with E-state index >= 15 is 0 Å². The van der Waals surface area contributed by atoms with Gasteiger partial charge in [-0.25, -0.2) is 4.79 Å². The number of fused-ring (bicyclic) bond motifs is 1. The molecule has 0 bridgehead atoms. The summed E-state index contributed by atoms with van der Waals surface area (Å²) >= 11 is 0. The minimum atomic E-state index is -0.689. The lowest BCUT2D eigenvalue weighted by atomic mass is 10.1. The maximum atomic E-state index is 12.9. The molecule has 1 unspecified atom stereocenters. The normalized spacial score (nSPS) is 12.0. The second-order valence-corrected chi connectivity index (χ2v) is 6.27. The van der Waals surface area contributed by atoms with Crippen molar-refractivity contribution >= 4 is 17.0 Å². The van der Waals surface area contributed by atoms with Crippen LogP contribution in [0.4, 0.5) is 0 Å². The first kappa shape index (κ1) is 18.6. The predicted octanol–water partition coefficient (Wildman–Crippen LogP) is 2.83. The fourth-order valence-electron chi connectivity index (χ4n) is 3.11. The summed E-state index contributed by atoms with van der Waals surface area (Å²) in [6.45, 7) is 2.06. The van der Waals surface area contributed by atoms with Gasteiger partial charge in [-0.05, 0) is 36.8 Å². The van der Waals surface area contributed by atoms with E-state index in [1.165, 1.54) is 4.57 Å². The van der Waals surface area contributed by atoms with Gasteiger partial charge in [-0.15, -0.1) is 0 Å². The summed E-state index contributed by atoms with van der Waals surface area (Å²) in [5, 5.41) is 0. The Morgan fingerprint density at radius 2 is 1.85 bits per heavy atom. The van der Waals surface area contributed by atoms with Crippen molar-refractivity contribution in [3.63, 3.8) is 0 Å². The molecule has 0 saturated heterocycles. The molecule has 2 aromatic carbocycles. The molecule has 0 saturated carbocycles. The number of oxazole rings is 1. The van der Waals surface area contributed by atoms with Crippen LogP contribution in [0, 0.1) is 0 Å². The van der Waals surface area contributed by atoms with Crippen molar-refractivity contribution in [3.8, 4) is 11.5 Å². The number of hydrogen-bond acceptors (Lipinski definition) is 5. The Morgan fingerprint density at radius 1 is 1.15 bits per heavy atom. The predicted molar refractivity (Wildman–Crippen MR) is 101 cm³/mol. The van der Waals surface area contributed by atoms with E-state index in [-0.39, 0.29) is 5.91 Å². The maximum absolute atomic E-state index is 12.9. The van der Waals surface area contributed by atoms with Crippen molar-refractivity contribution in [3.05, 3.63) is 58.6 Å². The number of carbonyl (C=O) groups is 1. The van der Waals surface area contributed by atoms with E-state index in [0.717, 1.165) is 5.56 Å². The Labute approximate surface area is 156 Å². The van der Waals surface area contributed by atoms with Crippen LogP contribution >= 0.6 is 0 Å². The number of methoxy groups -OCH3 is 2. The van der Waals surface area contributed by atoms with Gasteiger partial charge in [0, 0.05) is 13.6 Å². The van der Waals surface area contributed by atoms with Crippen molar-refractivity contribution in [2.75, 3.05) is 21.3 Å². The molecule has 27 heavy (non-hydrogen) atoms. The van der Waals surface area contributed by atoms with Gasteiger partial charge in [-0.3, -0.25) is 9.36 Å². The van der Waals surface area contributed by atoms with E-state index in [0.29, 0.717) is 29.1 Å². The van der Waals surface area contributed by atoms with Crippen LogP contribution in [-0.4, -0.2) is 36.6 Å². The Hall–Kier alpha value is -3.22. The van der Waals surface area contributed by atoms with Crippen LogP contribution in [0.15, 0.2) is 51.7 Å². The van der Waals surface area contributed by atoms with Gasteiger partial charge in [0.1, 0.15) is 6.04 Å². The molecule has 0 spiro atoms. The number of amides is 1. The van der Waals surface area contributed by atoms with E-state index in [2.05, 4.69) is 0 Å². The lowest BCUT2D eigenvalue weighted by Crippen LogP contribution is -2.35. The van der Waals surface area contributed by atoms with Gasteiger partial charge in [0.2, 0.25) is 5.91 Å². The summed E-state index contributed by atoms with van der Waals surface area (Å²) in [4.78, 5) is 26.7. The number of likely N-dealkylation sites (N-methyl/N-ethyl adjacent to an activating group) is 1. The largest absolute Gasteiger partial charge is 0.493 e. The van der Waals surface area contributed by atoms with E-state index in [4.69, 9.17) is 13.9 Å². The van der Waals surface area contributed by atoms with Crippen LogP contribution in [0.5, 0.6) is 11.5 Å². The van der Waals surface area contributed by atoms with Gasteiger partial charge in [-0.2, -0.15) is 0 Å². The molecule has 0 aliphatic heterocycles. The first-order chi connectivity index (χ1) is 13.0. The fourth-order valence-corrected chi connectivity index (χ4v) is 3.11. The molecule has 7 heteroatoms. The lowest BCUT2D eigenvalue weighted by Gasteiger charge is -2.22. The second kappa shape index (κ2) is 7.57. The minimum Gasteiger partial charge on any atom is -0.493 e. The van der Waals surface area contributed by atoms with Crippen molar-refractivity contribution in [2.45, 2.75) is 19.5 Å². The van der Waals surface area contributed by atoms with Crippen LogP contribution in [0.1, 0.15) is 18.5 Å². The molecule has 1 heterocycles. The number of ether oxygens (including phenoxy) is 2. The number of nitrogens with zero attached hydrogens (tertiary/aromatic N) is 2. The van der Waals surface area contributed by atoms with Crippen LogP contribution in [0.3, 0.4) is 0 Å². The molecule has 1 amide bonds. The number of hydrogen-bond donors (Lipinski definition) is 0.